The molecular formula is C33H23N3PtS. The van der Waals surface area contributed by atoms with Crippen LogP contribution in [0.5, 0.6) is 0 Å². The summed E-state index contributed by atoms with van der Waals surface area (Å²) in [6.45, 7) is 2.89. The van der Waals surface area contributed by atoms with Crippen molar-refractivity contribution in [3.05, 3.63) is 134 Å². The molecule has 0 aliphatic carbocycles. The maximum absolute atomic E-state index is 3.62. The molecule has 0 saturated heterocycles. The van der Waals surface area contributed by atoms with Crippen molar-refractivity contribution in [3.8, 4) is 0 Å². The minimum absolute atomic E-state index is 0. The van der Waals surface area contributed by atoms with Gasteiger partial charge in [0.15, 0.2) is 0 Å². The standard InChI is InChI=1S/C33H23N3S.Pt/c1-34-23-36(33-17-8-7-16-32(33)34)25-12-9-13-26(20-25)37-27-18-19-31-29(21-27)28-14-5-6-15-30(28)35(31)22-24-10-3-2-4-11-24;/h2-10,12-17,19,21,23H,22H2,1H3;/q-4;+4. The zero-order valence-corrected chi connectivity index (χ0v) is 23.8. The zero-order valence-electron chi connectivity index (χ0n) is 20.7. The molecule has 0 unspecified atom stereocenters. The van der Waals surface area contributed by atoms with Crippen molar-refractivity contribution >= 4 is 50.6 Å². The van der Waals surface area contributed by atoms with Crippen LogP contribution in [-0.2, 0) is 27.6 Å². The number of para-hydroxylation sites is 3. The average molecular weight is 689 g/mol. The molecule has 186 valence electrons. The monoisotopic (exact) mass is 688 g/mol. The first-order chi connectivity index (χ1) is 18.2. The van der Waals surface area contributed by atoms with Crippen molar-refractivity contribution in [2.45, 2.75) is 16.3 Å². The summed E-state index contributed by atoms with van der Waals surface area (Å²) >= 11 is 1.70. The third-order valence-electron chi connectivity index (χ3n) is 6.82. The van der Waals surface area contributed by atoms with E-state index in [1.807, 2.05) is 12.1 Å². The van der Waals surface area contributed by atoms with Crippen LogP contribution in [0, 0.1) is 24.9 Å². The maximum Gasteiger partial charge on any atom is 4.00 e. The molecule has 5 heteroatoms. The molecule has 0 fully saturated rings. The topological polar surface area (TPSA) is 11.4 Å². The molecule has 7 rings (SSSR count). The second-order valence-electron chi connectivity index (χ2n) is 9.17. The van der Waals surface area contributed by atoms with E-state index in [9.17, 15) is 0 Å². The van der Waals surface area contributed by atoms with Crippen LogP contribution in [-0.4, -0.2) is 11.6 Å². The number of rotatable bonds is 5. The van der Waals surface area contributed by atoms with Crippen LogP contribution >= 0.6 is 11.8 Å². The second kappa shape index (κ2) is 10.4. The summed E-state index contributed by atoms with van der Waals surface area (Å²) < 4.78 is 2.37. The molecule has 2 heterocycles. The second-order valence-corrected chi connectivity index (χ2v) is 10.3. The summed E-state index contributed by atoms with van der Waals surface area (Å²) in [5, 5.41) is 2.50. The zero-order chi connectivity index (χ0) is 24.8. The smallest absolute Gasteiger partial charge is 0.504 e. The Balaban J connectivity index is 0.00000264. The van der Waals surface area contributed by atoms with Crippen molar-refractivity contribution in [1.29, 1.82) is 0 Å². The Kier molecular flexibility index (Phi) is 6.78. The first-order valence-electron chi connectivity index (χ1n) is 12.3. The fraction of sp³-hybridized carbons (Fsp3) is 0.0606. The van der Waals surface area contributed by atoms with Crippen LogP contribution < -0.4 is 9.80 Å². The van der Waals surface area contributed by atoms with E-state index in [1.165, 1.54) is 38.7 Å². The largest absolute Gasteiger partial charge is 4.00 e. The van der Waals surface area contributed by atoms with Gasteiger partial charge in [0.2, 0.25) is 0 Å². The molecule has 0 atom stereocenters. The summed E-state index contributed by atoms with van der Waals surface area (Å²) in [7, 11) is 2.08. The van der Waals surface area contributed by atoms with Crippen molar-refractivity contribution in [2.24, 2.45) is 0 Å². The van der Waals surface area contributed by atoms with Crippen LogP contribution in [0.2, 0.25) is 0 Å². The summed E-state index contributed by atoms with van der Waals surface area (Å²) in [5.41, 5.74) is 6.97. The molecule has 5 aromatic carbocycles. The fourth-order valence-corrected chi connectivity index (χ4v) is 5.94. The predicted octanol–water partition coefficient (Wildman–Crippen LogP) is 8.10. The molecular weight excluding hydrogens is 666 g/mol. The van der Waals surface area contributed by atoms with Gasteiger partial charge in [-0.3, -0.25) is 0 Å². The van der Waals surface area contributed by atoms with Crippen LogP contribution in [0.3, 0.4) is 0 Å². The van der Waals surface area contributed by atoms with Crippen LogP contribution in [0.15, 0.2) is 113 Å². The Morgan fingerprint density at radius 2 is 1.58 bits per heavy atom. The van der Waals surface area contributed by atoms with E-state index in [2.05, 4.69) is 137 Å². The normalized spacial score (nSPS) is 12.7. The van der Waals surface area contributed by atoms with Gasteiger partial charge in [-0.15, -0.1) is 56.4 Å². The van der Waals surface area contributed by atoms with Crippen molar-refractivity contribution < 1.29 is 21.1 Å². The van der Waals surface area contributed by atoms with E-state index in [-0.39, 0.29) is 21.1 Å². The van der Waals surface area contributed by atoms with Gasteiger partial charge in [-0.25, -0.2) is 0 Å². The molecule has 38 heavy (non-hydrogen) atoms. The quantitative estimate of drug-likeness (QED) is 0.170. The van der Waals surface area contributed by atoms with E-state index < -0.39 is 0 Å². The van der Waals surface area contributed by atoms with Crippen LogP contribution in [0.1, 0.15) is 5.56 Å². The molecule has 3 nitrogen and oxygen atoms in total. The van der Waals surface area contributed by atoms with Gasteiger partial charge in [0, 0.05) is 23.4 Å². The molecule has 1 aromatic heterocycles. The van der Waals surface area contributed by atoms with Gasteiger partial charge < -0.3 is 14.4 Å². The molecule has 6 aromatic rings. The number of anilines is 3. The number of nitrogens with zero attached hydrogens (tertiary/aromatic N) is 3. The van der Waals surface area contributed by atoms with Gasteiger partial charge >= 0.3 is 21.1 Å². The summed E-state index contributed by atoms with van der Waals surface area (Å²) in [6.07, 6.45) is 0. The van der Waals surface area contributed by atoms with E-state index in [0.29, 0.717) is 0 Å². The Morgan fingerprint density at radius 1 is 0.763 bits per heavy atom. The van der Waals surface area contributed by atoms with E-state index in [1.54, 1.807) is 11.8 Å². The Bertz CT molecular complexity index is 1740. The summed E-state index contributed by atoms with van der Waals surface area (Å²) in [6, 6.07) is 46.5. The van der Waals surface area contributed by atoms with Gasteiger partial charge in [-0.1, -0.05) is 35.8 Å². The van der Waals surface area contributed by atoms with E-state index in [4.69, 9.17) is 0 Å². The maximum atomic E-state index is 3.62. The molecule has 1 aliphatic rings. The van der Waals surface area contributed by atoms with Gasteiger partial charge in [-0.05, 0) is 30.6 Å². The molecule has 0 radical (unpaired) electrons. The van der Waals surface area contributed by atoms with Gasteiger partial charge in [0.1, 0.15) is 0 Å². The van der Waals surface area contributed by atoms with Gasteiger partial charge in [0.05, 0.1) is 0 Å². The van der Waals surface area contributed by atoms with Gasteiger partial charge in [-0.2, -0.15) is 61.3 Å². The number of aromatic nitrogens is 1. The first kappa shape index (κ1) is 24.9. The fourth-order valence-electron chi connectivity index (χ4n) is 5.11. The predicted molar refractivity (Wildman–Crippen MR) is 153 cm³/mol. The SMILES string of the molecule is CN1[CH-]N(c2[c-]c(Sc3[c-]cc4c(c3)c3ccccc3n4Cc3[c-]cccc3)ccc2)c2ccccc21.[Pt+4]. The Hall–Kier alpha value is -3.46. The molecule has 0 bridgehead atoms. The Morgan fingerprint density at radius 3 is 2.45 bits per heavy atom. The van der Waals surface area contributed by atoms with Crippen molar-refractivity contribution in [1.82, 2.24) is 4.57 Å². The summed E-state index contributed by atoms with van der Waals surface area (Å²) in [5.74, 6) is 0. The van der Waals surface area contributed by atoms with Gasteiger partial charge in [0.25, 0.3) is 0 Å². The Labute approximate surface area is 242 Å². The number of fused-ring (bicyclic) bond motifs is 4. The third kappa shape index (κ3) is 4.42. The molecule has 1 aliphatic heterocycles. The van der Waals surface area contributed by atoms with Crippen LogP contribution in [0.4, 0.5) is 17.1 Å². The minimum Gasteiger partial charge on any atom is -0.504 e. The van der Waals surface area contributed by atoms with Crippen LogP contribution in [0.25, 0.3) is 21.8 Å². The van der Waals surface area contributed by atoms with E-state index in [0.717, 1.165) is 22.0 Å². The number of hydrogen-bond donors (Lipinski definition) is 0. The molecule has 0 saturated carbocycles. The van der Waals surface area contributed by atoms with Crippen molar-refractivity contribution in [3.63, 3.8) is 0 Å². The molecule has 0 amide bonds. The first-order valence-corrected chi connectivity index (χ1v) is 13.1. The number of hydrogen-bond acceptors (Lipinski definition) is 3. The molecule has 0 N–H and O–H groups in total. The third-order valence-corrected chi connectivity index (χ3v) is 7.74. The summed E-state index contributed by atoms with van der Waals surface area (Å²) in [4.78, 5) is 6.49. The number of benzene rings is 5. The van der Waals surface area contributed by atoms with Crippen molar-refractivity contribution in [2.75, 3.05) is 16.8 Å². The molecule has 0 spiro atoms. The minimum atomic E-state index is 0. The average Bonchev–Trinajstić information content (AvgIpc) is 3.44. The van der Waals surface area contributed by atoms with E-state index >= 15 is 0 Å².